The third-order valence-corrected chi connectivity index (χ3v) is 5.46. The van der Waals surface area contributed by atoms with Crippen LogP contribution >= 0.6 is 8.25 Å². The highest BCUT2D eigenvalue weighted by Crippen LogP contribution is 2.35. The van der Waals surface area contributed by atoms with E-state index >= 15 is 0 Å². The van der Waals surface area contributed by atoms with Crippen LogP contribution in [0.25, 0.3) is 0 Å². The first-order valence-electron chi connectivity index (χ1n) is 9.85. The van der Waals surface area contributed by atoms with Crippen molar-refractivity contribution < 1.29 is 13.6 Å². The smallest absolute Gasteiger partial charge is 0.222 e. The molecule has 0 saturated carbocycles. The third kappa shape index (κ3) is 5.34. The lowest BCUT2D eigenvalue weighted by atomic mass is 10.0. The quantitative estimate of drug-likeness (QED) is 0.292. The fraction of sp³-hybridized carbons (Fsp3) is 0.0769. The fourth-order valence-corrected chi connectivity index (χ4v) is 4.00. The molecule has 4 aromatic rings. The van der Waals surface area contributed by atoms with Crippen molar-refractivity contribution in [2.75, 3.05) is 0 Å². The summed E-state index contributed by atoms with van der Waals surface area (Å²) in [5.41, 5.74) is 4.26. The van der Waals surface area contributed by atoms with E-state index in [0.29, 0.717) is 24.3 Å². The predicted molar refractivity (Wildman–Crippen MR) is 120 cm³/mol. The molecule has 0 bridgehead atoms. The van der Waals surface area contributed by atoms with Crippen LogP contribution in [0.4, 0.5) is 0 Å². The Hall–Kier alpha value is -3.42. The van der Waals surface area contributed by atoms with Crippen LogP contribution in [0.3, 0.4) is 0 Å². The molecule has 0 spiro atoms. The van der Waals surface area contributed by atoms with Gasteiger partial charge in [0.15, 0.2) is 11.5 Å². The summed E-state index contributed by atoms with van der Waals surface area (Å²) in [5.74, 6) is 1.14. The summed E-state index contributed by atoms with van der Waals surface area (Å²) in [6.07, 6.45) is 1.40. The molecule has 0 unspecified atom stereocenters. The number of para-hydroxylation sites is 2. The number of benzene rings is 4. The average molecular weight is 413 g/mol. The molecule has 0 atom stereocenters. The first kappa shape index (κ1) is 19.9. The van der Waals surface area contributed by atoms with E-state index in [2.05, 4.69) is 24.3 Å². The summed E-state index contributed by atoms with van der Waals surface area (Å²) in [6, 6.07) is 35.5. The Morgan fingerprint density at radius 1 is 0.500 bits per heavy atom. The average Bonchev–Trinajstić information content (AvgIpc) is 2.78. The Morgan fingerprint density at radius 2 is 0.867 bits per heavy atom. The van der Waals surface area contributed by atoms with Gasteiger partial charge in [-0.05, 0) is 23.3 Å². The van der Waals surface area contributed by atoms with Gasteiger partial charge in [0, 0.05) is 28.5 Å². The third-order valence-electron chi connectivity index (χ3n) is 4.77. The van der Waals surface area contributed by atoms with Crippen molar-refractivity contribution in [2.45, 2.75) is 12.8 Å². The van der Waals surface area contributed by atoms with Gasteiger partial charge in [-0.2, -0.15) is 0 Å². The highest BCUT2D eigenvalue weighted by molar-refractivity contribution is 7.34. The molecule has 4 rings (SSSR count). The number of hydrogen-bond acceptors (Lipinski definition) is 3. The van der Waals surface area contributed by atoms with Crippen LogP contribution in [0.5, 0.6) is 11.5 Å². The summed E-state index contributed by atoms with van der Waals surface area (Å²) in [4.78, 5) is 0. The van der Waals surface area contributed by atoms with Crippen molar-refractivity contribution in [1.29, 1.82) is 0 Å². The van der Waals surface area contributed by atoms with Crippen LogP contribution in [-0.2, 0) is 17.4 Å². The van der Waals surface area contributed by atoms with Gasteiger partial charge >= 0.3 is 8.25 Å². The largest absolute Gasteiger partial charge is 0.805 e. The van der Waals surface area contributed by atoms with Crippen molar-refractivity contribution in [1.82, 2.24) is 0 Å². The van der Waals surface area contributed by atoms with Crippen molar-refractivity contribution in [3.05, 3.63) is 131 Å². The van der Waals surface area contributed by atoms with Crippen LogP contribution in [-0.4, -0.2) is 0 Å². The molecule has 4 aromatic carbocycles. The Kier molecular flexibility index (Phi) is 6.54. The van der Waals surface area contributed by atoms with Gasteiger partial charge in [-0.15, -0.1) is 0 Å². The SMILES string of the molecule is O=[P+](Oc1ccccc1Cc1ccccc1)Oc1ccccc1Cc1ccccc1. The Bertz CT molecular complexity index is 1020. The van der Waals surface area contributed by atoms with Crippen LogP contribution in [0.2, 0.25) is 0 Å². The van der Waals surface area contributed by atoms with Crippen LogP contribution < -0.4 is 9.05 Å². The highest BCUT2D eigenvalue weighted by atomic mass is 31.1. The monoisotopic (exact) mass is 413 g/mol. The normalized spacial score (nSPS) is 10.4. The Labute approximate surface area is 177 Å². The summed E-state index contributed by atoms with van der Waals surface area (Å²) in [5, 5.41) is 0. The summed E-state index contributed by atoms with van der Waals surface area (Å²) in [6.45, 7) is 0. The molecule has 0 aliphatic carbocycles. The van der Waals surface area contributed by atoms with Gasteiger partial charge in [0.05, 0.1) is 0 Å². The second kappa shape index (κ2) is 9.87. The number of hydrogen-bond donors (Lipinski definition) is 0. The molecule has 0 fully saturated rings. The zero-order valence-corrected chi connectivity index (χ0v) is 17.4. The van der Waals surface area contributed by atoms with E-state index in [1.807, 2.05) is 84.9 Å². The van der Waals surface area contributed by atoms with Crippen LogP contribution in [0.1, 0.15) is 22.3 Å². The molecule has 30 heavy (non-hydrogen) atoms. The molecule has 0 saturated heterocycles. The van der Waals surface area contributed by atoms with E-state index < -0.39 is 8.25 Å². The zero-order valence-electron chi connectivity index (χ0n) is 16.5. The van der Waals surface area contributed by atoms with Gasteiger partial charge in [0.1, 0.15) is 0 Å². The van der Waals surface area contributed by atoms with E-state index in [9.17, 15) is 4.57 Å². The molecule has 4 heteroatoms. The minimum absolute atomic E-state index is 0.572. The highest BCUT2D eigenvalue weighted by Gasteiger charge is 2.27. The van der Waals surface area contributed by atoms with Gasteiger partial charge in [0.2, 0.25) is 0 Å². The summed E-state index contributed by atoms with van der Waals surface area (Å²) >= 11 is 0. The van der Waals surface area contributed by atoms with Gasteiger partial charge < -0.3 is 0 Å². The van der Waals surface area contributed by atoms with Crippen LogP contribution in [0.15, 0.2) is 109 Å². The lowest BCUT2D eigenvalue weighted by Crippen LogP contribution is -1.97. The second-order valence-corrected chi connectivity index (χ2v) is 7.76. The van der Waals surface area contributed by atoms with E-state index in [-0.39, 0.29) is 0 Å². The first-order valence-corrected chi connectivity index (χ1v) is 10.9. The molecule has 0 aliphatic heterocycles. The van der Waals surface area contributed by atoms with Gasteiger partial charge in [-0.25, -0.2) is 9.05 Å². The van der Waals surface area contributed by atoms with Crippen LogP contribution in [0, 0.1) is 0 Å². The predicted octanol–water partition coefficient (Wildman–Crippen LogP) is 6.98. The molecule has 0 aromatic heterocycles. The topological polar surface area (TPSA) is 35.5 Å². The lowest BCUT2D eigenvalue weighted by molar-refractivity contribution is 0.412. The lowest BCUT2D eigenvalue weighted by Gasteiger charge is -2.06. The molecular formula is C26H22O3P+. The molecule has 0 heterocycles. The minimum atomic E-state index is -2.36. The molecule has 0 radical (unpaired) electrons. The standard InChI is InChI=1S/C26H22O3P/c27-30(28-25-17-9-7-15-23(25)19-21-11-3-1-4-12-21)29-26-18-10-8-16-24(26)20-22-13-5-2-6-14-22/h1-18H,19-20H2/q+1. The molecule has 148 valence electrons. The van der Waals surface area contributed by atoms with Gasteiger partial charge in [-0.1, -0.05) is 97.1 Å². The second-order valence-electron chi connectivity index (χ2n) is 6.95. The molecule has 0 amide bonds. The molecular weight excluding hydrogens is 391 g/mol. The van der Waals surface area contributed by atoms with Crippen molar-refractivity contribution in [3.63, 3.8) is 0 Å². The van der Waals surface area contributed by atoms with E-state index in [0.717, 1.165) is 22.3 Å². The van der Waals surface area contributed by atoms with Gasteiger partial charge in [-0.3, -0.25) is 0 Å². The molecule has 3 nitrogen and oxygen atoms in total. The maximum absolute atomic E-state index is 12.7. The maximum Gasteiger partial charge on any atom is 0.805 e. The van der Waals surface area contributed by atoms with E-state index in [1.54, 1.807) is 0 Å². The molecule has 0 aliphatic rings. The first-order chi connectivity index (χ1) is 14.8. The maximum atomic E-state index is 12.7. The number of rotatable bonds is 8. The zero-order chi connectivity index (χ0) is 20.6. The van der Waals surface area contributed by atoms with Crippen molar-refractivity contribution in [2.24, 2.45) is 0 Å². The van der Waals surface area contributed by atoms with E-state index in [1.165, 1.54) is 0 Å². The summed E-state index contributed by atoms with van der Waals surface area (Å²) < 4.78 is 24.1. The van der Waals surface area contributed by atoms with Crippen molar-refractivity contribution in [3.8, 4) is 11.5 Å². The van der Waals surface area contributed by atoms with Crippen molar-refractivity contribution >= 4 is 8.25 Å². The Balaban J connectivity index is 1.47. The minimum Gasteiger partial charge on any atom is -0.222 e. The molecule has 0 N–H and O–H groups in total. The Morgan fingerprint density at radius 3 is 1.30 bits per heavy atom. The summed E-state index contributed by atoms with van der Waals surface area (Å²) in [7, 11) is -2.36. The fourth-order valence-electron chi connectivity index (χ4n) is 3.29. The van der Waals surface area contributed by atoms with E-state index in [4.69, 9.17) is 9.05 Å². The van der Waals surface area contributed by atoms with Gasteiger partial charge in [0.25, 0.3) is 0 Å².